The van der Waals surface area contributed by atoms with Crippen molar-refractivity contribution in [2.24, 2.45) is 0 Å². The Morgan fingerprint density at radius 1 is 1.10 bits per heavy atom. The molecule has 0 saturated heterocycles. The van der Waals surface area contributed by atoms with Gasteiger partial charge in [-0.05, 0) is 34.8 Å². The summed E-state index contributed by atoms with van der Waals surface area (Å²) < 4.78 is 7.46. The number of ether oxygens (including phenoxy) is 1. The van der Waals surface area contributed by atoms with Crippen LogP contribution in [0.4, 0.5) is 0 Å². The predicted molar refractivity (Wildman–Crippen MR) is 122 cm³/mol. The highest BCUT2D eigenvalue weighted by Gasteiger charge is 2.15. The van der Waals surface area contributed by atoms with E-state index in [1.807, 2.05) is 42.5 Å². The monoisotopic (exact) mass is 417 g/mol. The third-order valence-corrected chi connectivity index (χ3v) is 5.70. The SMILES string of the molecule is C=CCOc1ccc(/C=c2/sc3nc(-c4ccc(C(C)(C)C)cc4)nn3c2=O)cc1. The minimum atomic E-state index is -0.160. The van der Waals surface area contributed by atoms with E-state index < -0.39 is 0 Å². The lowest BCUT2D eigenvalue weighted by molar-refractivity contribution is 0.363. The number of rotatable bonds is 5. The second kappa shape index (κ2) is 7.88. The summed E-state index contributed by atoms with van der Waals surface area (Å²) in [6.07, 6.45) is 3.55. The first-order chi connectivity index (χ1) is 14.3. The van der Waals surface area contributed by atoms with Crippen LogP contribution < -0.4 is 14.8 Å². The van der Waals surface area contributed by atoms with Crippen LogP contribution in [0.5, 0.6) is 5.75 Å². The summed E-state index contributed by atoms with van der Waals surface area (Å²) in [6.45, 7) is 10.6. The molecule has 0 saturated carbocycles. The number of hydrogen-bond donors (Lipinski definition) is 0. The smallest absolute Gasteiger partial charge is 0.291 e. The normalized spacial score (nSPS) is 12.4. The molecule has 2 aromatic heterocycles. The molecule has 0 N–H and O–H groups in total. The van der Waals surface area contributed by atoms with Crippen molar-refractivity contribution in [1.82, 2.24) is 14.6 Å². The van der Waals surface area contributed by atoms with E-state index in [1.165, 1.54) is 21.4 Å². The summed E-state index contributed by atoms with van der Waals surface area (Å²) >= 11 is 1.34. The lowest BCUT2D eigenvalue weighted by Gasteiger charge is -2.18. The van der Waals surface area contributed by atoms with E-state index in [0.29, 0.717) is 21.9 Å². The Kier molecular flexibility index (Phi) is 5.26. The summed E-state index contributed by atoms with van der Waals surface area (Å²) in [5, 5.41) is 4.44. The van der Waals surface area contributed by atoms with E-state index in [-0.39, 0.29) is 11.0 Å². The molecule has 0 fully saturated rings. The van der Waals surface area contributed by atoms with Gasteiger partial charge in [0, 0.05) is 5.56 Å². The maximum atomic E-state index is 12.8. The number of benzene rings is 2. The second-order valence-corrected chi connectivity index (χ2v) is 9.05. The van der Waals surface area contributed by atoms with Gasteiger partial charge < -0.3 is 4.74 Å². The highest BCUT2D eigenvalue weighted by atomic mass is 32.1. The van der Waals surface area contributed by atoms with Crippen LogP contribution in [0.3, 0.4) is 0 Å². The fraction of sp³-hybridized carbons (Fsp3) is 0.208. The van der Waals surface area contributed by atoms with Gasteiger partial charge in [-0.15, -0.1) is 5.10 Å². The third-order valence-electron chi connectivity index (χ3n) is 4.74. The number of thiazole rings is 1. The maximum absolute atomic E-state index is 12.8. The van der Waals surface area contributed by atoms with Gasteiger partial charge in [0.1, 0.15) is 12.4 Å². The molecule has 0 aliphatic heterocycles. The Hall–Kier alpha value is -3.25. The van der Waals surface area contributed by atoms with Gasteiger partial charge in [-0.2, -0.15) is 9.50 Å². The summed E-state index contributed by atoms with van der Waals surface area (Å²) in [7, 11) is 0. The summed E-state index contributed by atoms with van der Waals surface area (Å²) in [5.74, 6) is 1.33. The molecule has 0 unspecified atom stereocenters. The maximum Gasteiger partial charge on any atom is 0.291 e. The van der Waals surface area contributed by atoms with Gasteiger partial charge in [0.15, 0.2) is 5.82 Å². The van der Waals surface area contributed by atoms with Gasteiger partial charge in [-0.25, -0.2) is 0 Å². The van der Waals surface area contributed by atoms with E-state index in [4.69, 9.17) is 4.74 Å². The molecule has 0 bridgehead atoms. The van der Waals surface area contributed by atoms with Crippen LogP contribution in [0.2, 0.25) is 0 Å². The predicted octanol–water partition coefficient (Wildman–Crippen LogP) is 4.23. The summed E-state index contributed by atoms with van der Waals surface area (Å²) in [5.41, 5.74) is 2.99. The zero-order chi connectivity index (χ0) is 21.3. The average Bonchev–Trinajstić information content (AvgIpc) is 3.27. The second-order valence-electron chi connectivity index (χ2n) is 8.04. The molecule has 0 atom stereocenters. The number of nitrogens with zero attached hydrogens (tertiary/aromatic N) is 3. The zero-order valence-electron chi connectivity index (χ0n) is 17.3. The number of hydrogen-bond acceptors (Lipinski definition) is 5. The first-order valence-corrected chi connectivity index (χ1v) is 10.5. The molecule has 5 nitrogen and oxygen atoms in total. The molecule has 0 radical (unpaired) electrons. The topological polar surface area (TPSA) is 56.5 Å². The van der Waals surface area contributed by atoms with Crippen molar-refractivity contribution in [2.45, 2.75) is 26.2 Å². The van der Waals surface area contributed by atoms with Crippen LogP contribution >= 0.6 is 11.3 Å². The van der Waals surface area contributed by atoms with Crippen LogP contribution in [0.1, 0.15) is 31.9 Å². The molecule has 0 aliphatic carbocycles. The number of fused-ring (bicyclic) bond motifs is 1. The molecular weight excluding hydrogens is 394 g/mol. The molecule has 2 heterocycles. The first-order valence-electron chi connectivity index (χ1n) is 9.71. The Morgan fingerprint density at radius 2 is 1.80 bits per heavy atom. The van der Waals surface area contributed by atoms with Gasteiger partial charge in [-0.1, -0.05) is 81.2 Å². The minimum Gasteiger partial charge on any atom is -0.490 e. The van der Waals surface area contributed by atoms with Crippen LogP contribution in [0.15, 0.2) is 66.0 Å². The van der Waals surface area contributed by atoms with E-state index in [9.17, 15) is 4.79 Å². The molecule has 2 aromatic carbocycles. The van der Waals surface area contributed by atoms with Gasteiger partial charge in [0.25, 0.3) is 5.56 Å². The molecule has 4 rings (SSSR count). The lowest BCUT2D eigenvalue weighted by Crippen LogP contribution is -2.23. The zero-order valence-corrected chi connectivity index (χ0v) is 18.1. The quantitative estimate of drug-likeness (QED) is 0.456. The van der Waals surface area contributed by atoms with Crippen molar-refractivity contribution in [3.8, 4) is 17.1 Å². The minimum absolute atomic E-state index is 0.0867. The first kappa shape index (κ1) is 20.0. The highest BCUT2D eigenvalue weighted by molar-refractivity contribution is 7.15. The van der Waals surface area contributed by atoms with Crippen LogP contribution in [0, 0.1) is 0 Å². The van der Waals surface area contributed by atoms with Crippen molar-refractivity contribution in [3.63, 3.8) is 0 Å². The van der Waals surface area contributed by atoms with Gasteiger partial charge in [-0.3, -0.25) is 4.79 Å². The van der Waals surface area contributed by atoms with E-state index >= 15 is 0 Å². The molecule has 152 valence electrons. The summed E-state index contributed by atoms with van der Waals surface area (Å²) in [4.78, 5) is 17.9. The molecule has 0 aliphatic rings. The molecule has 0 spiro atoms. The molecule has 4 aromatic rings. The molecule has 6 heteroatoms. The third kappa shape index (κ3) is 4.04. The number of aromatic nitrogens is 3. The van der Waals surface area contributed by atoms with Gasteiger partial charge in [0.2, 0.25) is 4.96 Å². The van der Waals surface area contributed by atoms with E-state index in [1.54, 1.807) is 6.08 Å². The van der Waals surface area contributed by atoms with Crippen molar-refractivity contribution in [1.29, 1.82) is 0 Å². The Balaban J connectivity index is 1.63. The van der Waals surface area contributed by atoms with Crippen LogP contribution in [-0.4, -0.2) is 21.2 Å². The van der Waals surface area contributed by atoms with Gasteiger partial charge in [0.05, 0.1) is 4.53 Å². The average molecular weight is 418 g/mol. The Labute approximate surface area is 179 Å². The van der Waals surface area contributed by atoms with Crippen LogP contribution in [-0.2, 0) is 5.41 Å². The fourth-order valence-electron chi connectivity index (χ4n) is 3.04. The standard InChI is InChI=1S/C24H23N3O2S/c1-5-14-29-19-12-6-16(7-13-19)15-20-22(28)27-23(30-20)25-21(26-27)17-8-10-18(11-9-17)24(2,3)4/h5-13,15H,1,14H2,2-4H3/b20-15+. The van der Waals surface area contributed by atoms with Crippen molar-refractivity contribution in [3.05, 3.63) is 87.2 Å². The fourth-order valence-corrected chi connectivity index (χ4v) is 3.95. The molecule has 0 amide bonds. The Bertz CT molecular complexity index is 1290. The van der Waals surface area contributed by atoms with Crippen LogP contribution in [0.25, 0.3) is 22.4 Å². The Morgan fingerprint density at radius 3 is 2.40 bits per heavy atom. The van der Waals surface area contributed by atoms with E-state index in [0.717, 1.165) is 16.9 Å². The molecular formula is C24H23N3O2S. The largest absolute Gasteiger partial charge is 0.490 e. The van der Waals surface area contributed by atoms with Gasteiger partial charge >= 0.3 is 0 Å². The summed E-state index contributed by atoms with van der Waals surface area (Å²) in [6, 6.07) is 15.8. The molecule has 30 heavy (non-hydrogen) atoms. The van der Waals surface area contributed by atoms with Crippen molar-refractivity contribution < 1.29 is 4.74 Å². The lowest BCUT2D eigenvalue weighted by atomic mass is 9.87. The highest BCUT2D eigenvalue weighted by Crippen LogP contribution is 2.25. The van der Waals surface area contributed by atoms with E-state index in [2.05, 4.69) is 49.6 Å². The van der Waals surface area contributed by atoms with Crippen molar-refractivity contribution in [2.75, 3.05) is 6.61 Å². The van der Waals surface area contributed by atoms with Crippen molar-refractivity contribution >= 4 is 22.4 Å².